The molecular formula is C23H15BrFN5O. The summed E-state index contributed by atoms with van der Waals surface area (Å²) in [6, 6.07) is 20.6. The number of fused-ring (bicyclic) bond motifs is 2. The smallest absolute Gasteiger partial charge is 0.261 e. The second-order valence-corrected chi connectivity index (χ2v) is 7.84. The number of halogens is 2. The summed E-state index contributed by atoms with van der Waals surface area (Å²) in [4.78, 5) is 22.6. The van der Waals surface area contributed by atoms with Gasteiger partial charge in [0.25, 0.3) is 5.91 Å². The molecule has 3 aromatic carbocycles. The van der Waals surface area contributed by atoms with E-state index in [-0.39, 0.29) is 11.4 Å². The molecule has 3 N–H and O–H groups in total. The lowest BCUT2D eigenvalue weighted by Gasteiger charge is -2.08. The molecule has 0 aliphatic rings. The average Bonchev–Trinajstić information content (AvgIpc) is 3.03. The third-order valence-electron chi connectivity index (χ3n) is 4.89. The molecular weight excluding hydrogens is 461 g/mol. The quantitative estimate of drug-likeness (QED) is 0.370. The van der Waals surface area contributed by atoms with Crippen LogP contribution in [0.1, 0.15) is 10.4 Å². The Balaban J connectivity index is 1.75. The molecule has 0 bridgehead atoms. The third kappa shape index (κ3) is 3.40. The van der Waals surface area contributed by atoms with E-state index >= 15 is 0 Å². The first-order valence-corrected chi connectivity index (χ1v) is 10.2. The monoisotopic (exact) mass is 475 g/mol. The zero-order chi connectivity index (χ0) is 21.5. The van der Waals surface area contributed by atoms with Crippen molar-refractivity contribution in [2.75, 3.05) is 11.1 Å². The molecule has 0 aliphatic heterocycles. The van der Waals surface area contributed by atoms with Crippen molar-refractivity contribution in [3.05, 3.63) is 88.6 Å². The zero-order valence-corrected chi connectivity index (χ0v) is 17.6. The topological polar surface area (TPSA) is 85.8 Å². The van der Waals surface area contributed by atoms with Gasteiger partial charge in [0.15, 0.2) is 5.65 Å². The lowest BCUT2D eigenvalue weighted by molar-refractivity contribution is 0.102. The van der Waals surface area contributed by atoms with Crippen LogP contribution in [0.5, 0.6) is 0 Å². The maximum Gasteiger partial charge on any atom is 0.261 e. The third-order valence-corrected chi connectivity index (χ3v) is 5.42. The Labute approximate surface area is 184 Å². The minimum atomic E-state index is -0.492. The van der Waals surface area contributed by atoms with Gasteiger partial charge in [0, 0.05) is 15.8 Å². The highest BCUT2D eigenvalue weighted by atomic mass is 79.9. The molecule has 6 nitrogen and oxygen atoms in total. The Morgan fingerprint density at radius 2 is 1.68 bits per heavy atom. The van der Waals surface area contributed by atoms with Gasteiger partial charge in [0.1, 0.15) is 22.7 Å². The number of hydrogen-bond acceptors (Lipinski definition) is 4. The van der Waals surface area contributed by atoms with E-state index < -0.39 is 11.7 Å². The lowest BCUT2D eigenvalue weighted by Crippen LogP contribution is -2.14. The summed E-state index contributed by atoms with van der Waals surface area (Å²) in [7, 11) is 0. The van der Waals surface area contributed by atoms with Gasteiger partial charge >= 0.3 is 0 Å². The van der Waals surface area contributed by atoms with Crippen LogP contribution in [0.25, 0.3) is 27.9 Å². The van der Waals surface area contributed by atoms with Crippen molar-refractivity contribution in [3.8, 4) is 5.69 Å². The molecule has 2 heterocycles. The number of nitrogens with one attached hydrogen (secondary N) is 1. The summed E-state index contributed by atoms with van der Waals surface area (Å²) in [5, 5.41) is 2.71. The van der Waals surface area contributed by atoms with Gasteiger partial charge in [-0.1, -0.05) is 34.1 Å². The second kappa shape index (κ2) is 7.48. The normalized spacial score (nSPS) is 11.2. The van der Waals surface area contributed by atoms with E-state index in [4.69, 9.17) is 10.7 Å². The van der Waals surface area contributed by atoms with Crippen LogP contribution in [0.2, 0.25) is 0 Å². The van der Waals surface area contributed by atoms with Crippen LogP contribution >= 0.6 is 15.9 Å². The summed E-state index contributed by atoms with van der Waals surface area (Å²) >= 11 is 3.43. The van der Waals surface area contributed by atoms with Crippen LogP contribution in [0.3, 0.4) is 0 Å². The molecule has 8 heteroatoms. The minimum absolute atomic E-state index is 0.181. The SMILES string of the molecule is Nc1c(C(=O)Nc2cccc(F)c2)c2nc3ccccc3nc2n1-c1ccc(Br)cc1. The van der Waals surface area contributed by atoms with E-state index in [2.05, 4.69) is 26.2 Å². The molecule has 5 rings (SSSR count). The standard InChI is InChI=1S/C23H15BrFN5O/c24-13-8-10-16(11-9-13)30-21(26)19(23(31)27-15-5-3-4-14(25)12-15)20-22(30)29-18-7-2-1-6-17(18)28-20/h1-12H,26H2,(H,27,31). The fraction of sp³-hybridized carbons (Fsp3) is 0. The van der Waals surface area contributed by atoms with Gasteiger partial charge in [-0.15, -0.1) is 0 Å². The lowest BCUT2D eigenvalue weighted by atomic mass is 10.2. The fourth-order valence-corrected chi connectivity index (χ4v) is 3.76. The second-order valence-electron chi connectivity index (χ2n) is 6.92. The largest absolute Gasteiger partial charge is 0.384 e. The first kappa shape index (κ1) is 19.2. The number of nitrogens with zero attached hydrogens (tertiary/aromatic N) is 3. The highest BCUT2D eigenvalue weighted by Crippen LogP contribution is 2.32. The van der Waals surface area contributed by atoms with Crippen LogP contribution in [0.4, 0.5) is 15.9 Å². The Bertz CT molecular complexity index is 1460. The van der Waals surface area contributed by atoms with E-state index in [9.17, 15) is 9.18 Å². The van der Waals surface area contributed by atoms with Crippen LogP contribution < -0.4 is 11.1 Å². The number of carbonyl (C=O) groups excluding carboxylic acids is 1. The zero-order valence-electron chi connectivity index (χ0n) is 16.0. The molecule has 2 aromatic heterocycles. The van der Waals surface area contributed by atoms with Crippen molar-refractivity contribution in [1.29, 1.82) is 0 Å². The maximum absolute atomic E-state index is 13.6. The molecule has 0 atom stereocenters. The van der Waals surface area contributed by atoms with Crippen molar-refractivity contribution in [2.24, 2.45) is 0 Å². The van der Waals surface area contributed by atoms with Crippen LogP contribution in [0.15, 0.2) is 77.3 Å². The molecule has 152 valence electrons. The number of nitrogen functional groups attached to an aromatic ring is 1. The number of rotatable bonds is 3. The van der Waals surface area contributed by atoms with Crippen molar-refractivity contribution in [2.45, 2.75) is 0 Å². The molecule has 0 spiro atoms. The number of benzene rings is 3. The number of aromatic nitrogens is 3. The summed E-state index contributed by atoms with van der Waals surface area (Å²) in [5.41, 5.74) is 9.86. The predicted octanol–water partition coefficient (Wildman–Crippen LogP) is 5.31. The Morgan fingerprint density at radius 3 is 2.39 bits per heavy atom. The number of amides is 1. The molecule has 0 saturated carbocycles. The van der Waals surface area contributed by atoms with Crippen LogP contribution in [0, 0.1) is 5.82 Å². The van der Waals surface area contributed by atoms with Gasteiger partial charge in [-0.2, -0.15) is 0 Å². The average molecular weight is 476 g/mol. The molecule has 31 heavy (non-hydrogen) atoms. The van der Waals surface area contributed by atoms with E-state index in [1.165, 1.54) is 18.2 Å². The summed E-state index contributed by atoms with van der Waals surface area (Å²) in [6.07, 6.45) is 0. The first-order valence-electron chi connectivity index (χ1n) is 9.41. The van der Waals surface area contributed by atoms with E-state index in [1.54, 1.807) is 10.6 Å². The number of para-hydroxylation sites is 2. The number of nitrogens with two attached hydrogens (primary N) is 1. The van der Waals surface area contributed by atoms with Crippen molar-refractivity contribution in [3.63, 3.8) is 0 Å². The van der Waals surface area contributed by atoms with Crippen LogP contribution in [-0.4, -0.2) is 20.4 Å². The Kier molecular flexibility index (Phi) is 4.63. The highest BCUT2D eigenvalue weighted by molar-refractivity contribution is 9.10. The summed E-state index contributed by atoms with van der Waals surface area (Å²) in [5.74, 6) is -0.746. The van der Waals surface area contributed by atoms with Gasteiger partial charge in [-0.25, -0.2) is 14.4 Å². The van der Waals surface area contributed by atoms with Crippen molar-refractivity contribution < 1.29 is 9.18 Å². The van der Waals surface area contributed by atoms with Crippen molar-refractivity contribution in [1.82, 2.24) is 14.5 Å². The van der Waals surface area contributed by atoms with E-state index in [1.807, 2.05) is 48.5 Å². The van der Waals surface area contributed by atoms with Gasteiger partial charge in [-0.3, -0.25) is 9.36 Å². The molecule has 0 aliphatic carbocycles. The molecule has 0 radical (unpaired) electrons. The van der Waals surface area contributed by atoms with Gasteiger partial charge in [0.2, 0.25) is 0 Å². The summed E-state index contributed by atoms with van der Waals surface area (Å²) < 4.78 is 16.2. The predicted molar refractivity (Wildman–Crippen MR) is 123 cm³/mol. The minimum Gasteiger partial charge on any atom is -0.384 e. The Hall–Kier alpha value is -3.78. The molecule has 0 saturated heterocycles. The summed E-state index contributed by atoms with van der Waals surface area (Å²) in [6.45, 7) is 0. The van der Waals surface area contributed by atoms with Gasteiger partial charge in [-0.05, 0) is 54.6 Å². The van der Waals surface area contributed by atoms with Gasteiger partial charge < -0.3 is 11.1 Å². The number of carbonyl (C=O) groups is 1. The van der Waals surface area contributed by atoms with E-state index in [0.717, 1.165) is 10.2 Å². The fourth-order valence-electron chi connectivity index (χ4n) is 3.50. The maximum atomic E-state index is 13.6. The first-order chi connectivity index (χ1) is 15.0. The van der Waals surface area contributed by atoms with Gasteiger partial charge in [0.05, 0.1) is 11.0 Å². The Morgan fingerprint density at radius 1 is 0.968 bits per heavy atom. The molecule has 0 fully saturated rings. The van der Waals surface area contributed by atoms with Crippen molar-refractivity contribution >= 4 is 55.5 Å². The molecule has 1 amide bonds. The number of hydrogen-bond donors (Lipinski definition) is 2. The highest BCUT2D eigenvalue weighted by Gasteiger charge is 2.25. The van der Waals surface area contributed by atoms with Crippen LogP contribution in [-0.2, 0) is 0 Å². The number of anilines is 2. The van der Waals surface area contributed by atoms with E-state index in [0.29, 0.717) is 27.9 Å². The molecule has 0 unspecified atom stereocenters. The molecule has 5 aromatic rings.